The van der Waals surface area contributed by atoms with Gasteiger partial charge in [0.05, 0.1) is 18.8 Å². The number of hydrogen-bond acceptors (Lipinski definition) is 5. The van der Waals surface area contributed by atoms with Gasteiger partial charge in [0.1, 0.15) is 5.70 Å². The third-order valence-corrected chi connectivity index (χ3v) is 5.68. The van der Waals surface area contributed by atoms with Crippen LogP contribution in [0, 0.1) is 13.8 Å². The maximum Gasteiger partial charge on any atom is 0.278 e. The molecule has 2 amide bonds. The standard InChI is InChI=1S/C25H29N3O3/c1-18-15-19(2)17-21(16-18)26-23-22(20-7-4-3-5-8-20)24(29)28(25(23)30)10-6-9-27-11-13-31-14-12-27/h3-5,7-8,15-17,26H,6,9-14H2,1-2H3. The predicted molar refractivity (Wildman–Crippen MR) is 121 cm³/mol. The van der Waals surface area contributed by atoms with Gasteiger partial charge >= 0.3 is 0 Å². The predicted octanol–water partition coefficient (Wildman–Crippen LogP) is 3.22. The van der Waals surface area contributed by atoms with Gasteiger partial charge in [0.25, 0.3) is 11.8 Å². The van der Waals surface area contributed by atoms with Crippen molar-refractivity contribution in [1.82, 2.24) is 9.80 Å². The van der Waals surface area contributed by atoms with Gasteiger partial charge < -0.3 is 10.1 Å². The van der Waals surface area contributed by atoms with Crippen LogP contribution in [0.5, 0.6) is 0 Å². The molecule has 6 heteroatoms. The summed E-state index contributed by atoms with van der Waals surface area (Å²) in [4.78, 5) is 30.3. The Labute approximate surface area is 183 Å². The van der Waals surface area contributed by atoms with Crippen molar-refractivity contribution >= 4 is 23.1 Å². The van der Waals surface area contributed by atoms with Crippen molar-refractivity contribution in [2.75, 3.05) is 44.7 Å². The molecule has 1 N–H and O–H groups in total. The van der Waals surface area contributed by atoms with Gasteiger partial charge in [0.15, 0.2) is 0 Å². The molecule has 31 heavy (non-hydrogen) atoms. The van der Waals surface area contributed by atoms with Crippen LogP contribution in [0.2, 0.25) is 0 Å². The zero-order valence-corrected chi connectivity index (χ0v) is 18.2. The minimum Gasteiger partial charge on any atom is -0.379 e. The van der Waals surface area contributed by atoms with E-state index in [-0.39, 0.29) is 11.8 Å². The molecular weight excluding hydrogens is 390 g/mol. The fraction of sp³-hybridized carbons (Fsp3) is 0.360. The number of aryl methyl sites for hydroxylation is 2. The number of imide groups is 1. The Morgan fingerprint density at radius 1 is 0.903 bits per heavy atom. The van der Waals surface area contributed by atoms with Gasteiger partial charge in [-0.1, -0.05) is 36.4 Å². The number of morpholine rings is 1. The lowest BCUT2D eigenvalue weighted by atomic mass is 10.0. The summed E-state index contributed by atoms with van der Waals surface area (Å²) >= 11 is 0. The minimum atomic E-state index is -0.259. The second kappa shape index (κ2) is 9.45. The van der Waals surface area contributed by atoms with Crippen molar-refractivity contribution < 1.29 is 14.3 Å². The van der Waals surface area contributed by atoms with Crippen LogP contribution in [0.4, 0.5) is 5.69 Å². The molecule has 162 valence electrons. The number of carbonyl (C=O) groups excluding carboxylic acids is 2. The largest absolute Gasteiger partial charge is 0.379 e. The second-order valence-corrected chi connectivity index (χ2v) is 8.19. The summed E-state index contributed by atoms with van der Waals surface area (Å²) in [6, 6.07) is 15.5. The van der Waals surface area contributed by atoms with E-state index in [1.54, 1.807) is 0 Å². The maximum atomic E-state index is 13.3. The number of nitrogens with zero attached hydrogens (tertiary/aromatic N) is 2. The first-order chi connectivity index (χ1) is 15.0. The summed E-state index contributed by atoms with van der Waals surface area (Å²) in [5, 5.41) is 3.26. The van der Waals surface area contributed by atoms with Crippen LogP contribution in [0.25, 0.3) is 5.57 Å². The highest BCUT2D eigenvalue weighted by Crippen LogP contribution is 2.31. The fourth-order valence-corrected chi connectivity index (χ4v) is 4.24. The third-order valence-electron chi connectivity index (χ3n) is 5.68. The highest BCUT2D eigenvalue weighted by Gasteiger charge is 2.38. The van der Waals surface area contributed by atoms with E-state index in [0.717, 1.165) is 61.6 Å². The van der Waals surface area contributed by atoms with E-state index in [9.17, 15) is 9.59 Å². The molecule has 0 spiro atoms. The molecule has 2 aliphatic rings. The normalized spacial score (nSPS) is 17.5. The van der Waals surface area contributed by atoms with E-state index < -0.39 is 0 Å². The Kier molecular flexibility index (Phi) is 6.49. The van der Waals surface area contributed by atoms with E-state index in [4.69, 9.17) is 4.74 Å². The monoisotopic (exact) mass is 419 g/mol. The van der Waals surface area contributed by atoms with Gasteiger partial charge in [-0.2, -0.15) is 0 Å². The van der Waals surface area contributed by atoms with Crippen molar-refractivity contribution in [2.24, 2.45) is 0 Å². The summed E-state index contributed by atoms with van der Waals surface area (Å²) in [5.41, 5.74) is 4.57. The molecule has 0 radical (unpaired) electrons. The lowest BCUT2D eigenvalue weighted by Gasteiger charge is -2.27. The summed E-state index contributed by atoms with van der Waals surface area (Å²) in [6.45, 7) is 8.57. The first-order valence-electron chi connectivity index (χ1n) is 10.8. The molecular formula is C25H29N3O3. The molecule has 2 aromatic rings. The molecule has 2 heterocycles. The molecule has 2 aromatic carbocycles. The lowest BCUT2D eigenvalue weighted by molar-refractivity contribution is -0.136. The zero-order chi connectivity index (χ0) is 21.8. The van der Waals surface area contributed by atoms with Gasteiger partial charge in [-0.05, 0) is 49.1 Å². The molecule has 2 aliphatic heterocycles. The third kappa shape index (κ3) is 4.86. The Morgan fingerprint density at radius 3 is 2.26 bits per heavy atom. The fourth-order valence-electron chi connectivity index (χ4n) is 4.24. The van der Waals surface area contributed by atoms with Crippen LogP contribution in [0.15, 0.2) is 54.2 Å². The Morgan fingerprint density at radius 2 is 1.58 bits per heavy atom. The van der Waals surface area contributed by atoms with Gasteiger partial charge in [0, 0.05) is 31.9 Å². The molecule has 0 unspecified atom stereocenters. The molecule has 4 rings (SSSR count). The van der Waals surface area contributed by atoms with Gasteiger partial charge in [-0.3, -0.25) is 19.4 Å². The summed E-state index contributed by atoms with van der Waals surface area (Å²) in [6.07, 6.45) is 0.746. The van der Waals surface area contributed by atoms with Crippen molar-refractivity contribution in [2.45, 2.75) is 20.3 Å². The van der Waals surface area contributed by atoms with Gasteiger partial charge in [-0.25, -0.2) is 0 Å². The van der Waals surface area contributed by atoms with Crippen molar-refractivity contribution in [3.8, 4) is 0 Å². The van der Waals surface area contributed by atoms with Gasteiger partial charge in [0.2, 0.25) is 0 Å². The first kappa shape index (κ1) is 21.3. The number of rotatable bonds is 7. The molecule has 1 fully saturated rings. The van der Waals surface area contributed by atoms with Crippen LogP contribution in [-0.2, 0) is 14.3 Å². The summed E-state index contributed by atoms with van der Waals surface area (Å²) < 4.78 is 5.39. The van der Waals surface area contributed by atoms with Crippen molar-refractivity contribution in [1.29, 1.82) is 0 Å². The quantitative estimate of drug-likeness (QED) is 0.699. The van der Waals surface area contributed by atoms with E-state index in [0.29, 0.717) is 17.8 Å². The molecule has 0 aliphatic carbocycles. The molecule has 0 saturated carbocycles. The van der Waals surface area contributed by atoms with Crippen LogP contribution in [0.1, 0.15) is 23.1 Å². The topological polar surface area (TPSA) is 61.9 Å². The summed E-state index contributed by atoms with van der Waals surface area (Å²) in [7, 11) is 0. The maximum absolute atomic E-state index is 13.3. The Bertz CT molecular complexity index is 974. The Hall–Kier alpha value is -2.96. The van der Waals surface area contributed by atoms with Gasteiger partial charge in [-0.15, -0.1) is 0 Å². The minimum absolute atomic E-state index is 0.231. The number of ether oxygens (including phenoxy) is 1. The molecule has 6 nitrogen and oxygen atoms in total. The number of hydrogen-bond donors (Lipinski definition) is 1. The lowest BCUT2D eigenvalue weighted by Crippen LogP contribution is -2.39. The number of amides is 2. The average molecular weight is 420 g/mol. The van der Waals surface area contributed by atoms with E-state index in [2.05, 4.69) is 16.3 Å². The summed E-state index contributed by atoms with van der Waals surface area (Å²) in [5.74, 6) is -0.491. The van der Waals surface area contributed by atoms with Crippen LogP contribution in [-0.4, -0.2) is 61.0 Å². The smallest absolute Gasteiger partial charge is 0.278 e. The highest BCUT2D eigenvalue weighted by atomic mass is 16.5. The van der Waals surface area contributed by atoms with Crippen molar-refractivity contribution in [3.05, 3.63) is 70.9 Å². The number of nitrogens with one attached hydrogen (secondary N) is 1. The first-order valence-corrected chi connectivity index (χ1v) is 10.8. The molecule has 0 atom stereocenters. The van der Waals surface area contributed by atoms with E-state index in [1.165, 1.54) is 4.90 Å². The second-order valence-electron chi connectivity index (χ2n) is 8.19. The number of benzene rings is 2. The van der Waals surface area contributed by atoms with Crippen LogP contribution in [0.3, 0.4) is 0 Å². The number of anilines is 1. The van der Waals surface area contributed by atoms with Crippen molar-refractivity contribution in [3.63, 3.8) is 0 Å². The number of carbonyl (C=O) groups is 2. The highest BCUT2D eigenvalue weighted by molar-refractivity contribution is 6.36. The molecule has 0 bridgehead atoms. The molecule has 1 saturated heterocycles. The van der Waals surface area contributed by atoms with Crippen LogP contribution >= 0.6 is 0 Å². The SMILES string of the molecule is Cc1cc(C)cc(NC2=C(c3ccccc3)C(=O)N(CCCN3CCOCC3)C2=O)c1. The van der Waals surface area contributed by atoms with Crippen LogP contribution < -0.4 is 5.32 Å². The van der Waals surface area contributed by atoms with E-state index >= 15 is 0 Å². The average Bonchev–Trinajstić information content (AvgIpc) is 2.98. The Balaban J connectivity index is 1.56. The molecule has 0 aromatic heterocycles. The van der Waals surface area contributed by atoms with E-state index in [1.807, 2.05) is 56.3 Å². The zero-order valence-electron chi connectivity index (χ0n) is 18.2.